The number of carbonyl (C=O) groups is 1. The zero-order valence-corrected chi connectivity index (χ0v) is 13.3. The van der Waals surface area contributed by atoms with Crippen LogP contribution in [0.5, 0.6) is 0 Å². The van der Waals surface area contributed by atoms with Crippen LogP contribution in [-0.4, -0.2) is 58.1 Å². The number of methoxy groups -OCH3 is 1. The summed E-state index contributed by atoms with van der Waals surface area (Å²) in [6.45, 7) is 2.69. The molecule has 1 rings (SSSR count). The number of nitrogens with one attached hydrogen (secondary N) is 1. The van der Waals surface area contributed by atoms with Crippen molar-refractivity contribution in [3.05, 3.63) is 11.4 Å². The summed E-state index contributed by atoms with van der Waals surface area (Å²) in [5, 5.41) is 5.99. The molecule has 0 fully saturated rings. The Morgan fingerprint density at radius 2 is 2.00 bits per heavy atom. The lowest BCUT2D eigenvalue weighted by atomic mass is 10.4. The van der Waals surface area contributed by atoms with Gasteiger partial charge in [-0.2, -0.15) is 5.10 Å². The molecule has 0 aliphatic heterocycles. The Morgan fingerprint density at radius 3 is 2.62 bits per heavy atom. The topological polar surface area (TPSA) is 108 Å². The first-order valence-corrected chi connectivity index (χ1v) is 8.42. The quantitative estimate of drug-likeness (QED) is 0.403. The van der Waals surface area contributed by atoms with Crippen LogP contribution in [-0.2, 0) is 23.3 Å². The van der Waals surface area contributed by atoms with Gasteiger partial charge in [0.05, 0.1) is 12.3 Å². The summed E-state index contributed by atoms with van der Waals surface area (Å²) in [5.41, 5.74) is -0.186. The molecule has 0 amide bonds. The van der Waals surface area contributed by atoms with Crippen molar-refractivity contribution in [2.45, 2.75) is 18.2 Å². The Hall–Kier alpha value is -1.16. The van der Waals surface area contributed by atoms with Gasteiger partial charge >= 0.3 is 5.97 Å². The molecule has 0 saturated carbocycles. The van der Waals surface area contributed by atoms with E-state index in [9.17, 15) is 13.2 Å². The first-order chi connectivity index (χ1) is 9.88. The summed E-state index contributed by atoms with van der Waals surface area (Å²) < 4.78 is 37.7. The molecule has 1 heterocycles. The summed E-state index contributed by atoms with van der Waals surface area (Å²) in [5.74, 6) is -0.876. The summed E-state index contributed by atoms with van der Waals surface area (Å²) >= 11 is 0. The highest BCUT2D eigenvalue weighted by atomic mass is 35.7. The highest BCUT2D eigenvalue weighted by Crippen LogP contribution is 2.22. The van der Waals surface area contributed by atoms with Crippen LogP contribution in [0.4, 0.5) is 0 Å². The van der Waals surface area contributed by atoms with Crippen molar-refractivity contribution in [1.29, 1.82) is 0 Å². The van der Waals surface area contributed by atoms with Crippen molar-refractivity contribution < 1.29 is 27.4 Å². The molecule has 1 aromatic rings. The average Bonchev–Trinajstić information content (AvgIpc) is 2.79. The van der Waals surface area contributed by atoms with Crippen LogP contribution in [0, 0.1) is 6.92 Å². The average molecular weight is 341 g/mol. The Kier molecular flexibility index (Phi) is 7.09. The van der Waals surface area contributed by atoms with Crippen molar-refractivity contribution in [3.63, 3.8) is 0 Å². The summed E-state index contributed by atoms with van der Waals surface area (Å²) in [6, 6.07) is 0. The summed E-state index contributed by atoms with van der Waals surface area (Å²) in [7, 11) is 2.77. The van der Waals surface area contributed by atoms with E-state index in [0.29, 0.717) is 13.2 Å². The van der Waals surface area contributed by atoms with Crippen LogP contribution in [0.15, 0.2) is 4.90 Å². The molecule has 8 nitrogen and oxygen atoms in total. The molecule has 0 atom stereocenters. The number of aromatic amines is 1. The second-order valence-corrected chi connectivity index (χ2v) is 6.56. The number of hydrogen-bond acceptors (Lipinski definition) is 7. The Labute approximate surface area is 127 Å². The fourth-order valence-corrected chi connectivity index (χ4v) is 2.86. The lowest BCUT2D eigenvalue weighted by Gasteiger charge is -2.05. The van der Waals surface area contributed by atoms with Gasteiger partial charge < -0.3 is 14.2 Å². The molecular weight excluding hydrogens is 324 g/mol. The van der Waals surface area contributed by atoms with Crippen LogP contribution in [0.1, 0.15) is 22.6 Å². The Bertz CT molecular complexity index is 571. The molecule has 21 heavy (non-hydrogen) atoms. The van der Waals surface area contributed by atoms with E-state index in [2.05, 4.69) is 10.2 Å². The third-order valence-corrected chi connectivity index (χ3v) is 3.88. The van der Waals surface area contributed by atoms with Crippen LogP contribution >= 0.6 is 10.7 Å². The van der Waals surface area contributed by atoms with Gasteiger partial charge in [-0.3, -0.25) is 5.10 Å². The number of esters is 1. The number of rotatable bonds is 9. The number of hydrogen-bond donors (Lipinski definition) is 1. The Morgan fingerprint density at radius 1 is 1.29 bits per heavy atom. The van der Waals surface area contributed by atoms with E-state index < -0.39 is 15.0 Å². The number of aromatic nitrogens is 2. The molecule has 120 valence electrons. The maximum atomic E-state index is 11.8. The van der Waals surface area contributed by atoms with Crippen LogP contribution in [0.25, 0.3) is 0 Å². The number of nitrogens with zero attached hydrogens (tertiary/aromatic N) is 1. The molecule has 0 bridgehead atoms. The van der Waals surface area contributed by atoms with Crippen LogP contribution in [0.3, 0.4) is 0 Å². The summed E-state index contributed by atoms with van der Waals surface area (Å²) in [6.07, 6.45) is 0.734. The lowest BCUT2D eigenvalue weighted by molar-refractivity contribution is 0.0279. The number of carbonyl (C=O) groups excluding carboxylic acids is 1. The van der Waals surface area contributed by atoms with Gasteiger partial charge in [0, 0.05) is 31.0 Å². The molecule has 0 radical (unpaired) electrons. The van der Waals surface area contributed by atoms with Crippen molar-refractivity contribution >= 4 is 25.7 Å². The molecule has 0 spiro atoms. The first kappa shape index (κ1) is 17.9. The number of halogens is 1. The third kappa shape index (κ3) is 5.62. The third-order valence-electron chi connectivity index (χ3n) is 2.43. The number of aryl methyl sites for hydroxylation is 1. The van der Waals surface area contributed by atoms with Gasteiger partial charge in [-0.25, -0.2) is 13.2 Å². The minimum Gasteiger partial charge on any atom is -0.458 e. The van der Waals surface area contributed by atoms with Crippen molar-refractivity contribution in [1.82, 2.24) is 10.2 Å². The van der Waals surface area contributed by atoms with E-state index >= 15 is 0 Å². The fourth-order valence-electron chi connectivity index (χ4n) is 1.52. The van der Waals surface area contributed by atoms with Crippen molar-refractivity contribution in [2.75, 3.05) is 33.5 Å². The first-order valence-electron chi connectivity index (χ1n) is 6.11. The molecule has 1 aromatic heterocycles. The van der Waals surface area contributed by atoms with Gasteiger partial charge in [0.15, 0.2) is 5.69 Å². The minimum absolute atomic E-state index is 0.0144. The van der Waals surface area contributed by atoms with E-state index in [1.807, 2.05) is 0 Å². The van der Waals surface area contributed by atoms with Gasteiger partial charge in [0.1, 0.15) is 11.5 Å². The largest absolute Gasteiger partial charge is 0.458 e. The predicted octanol–water partition coefficient (Wildman–Crippen LogP) is 0.856. The molecule has 0 aliphatic carbocycles. The zero-order valence-electron chi connectivity index (χ0n) is 11.7. The SMILES string of the molecule is COCCCOCCOC(=O)c1n[nH]c(C)c1S(=O)(=O)Cl. The molecular formula is C11H17ClN2O6S. The van der Waals surface area contributed by atoms with Crippen molar-refractivity contribution in [2.24, 2.45) is 0 Å². The Balaban J connectivity index is 2.47. The normalized spacial score (nSPS) is 11.6. The van der Waals surface area contributed by atoms with Crippen molar-refractivity contribution in [3.8, 4) is 0 Å². The van der Waals surface area contributed by atoms with E-state index in [1.165, 1.54) is 6.92 Å². The second-order valence-electron chi connectivity index (χ2n) is 4.06. The molecule has 0 unspecified atom stereocenters. The maximum absolute atomic E-state index is 11.8. The highest BCUT2D eigenvalue weighted by molar-refractivity contribution is 8.13. The predicted molar refractivity (Wildman–Crippen MR) is 74.0 cm³/mol. The standard InChI is InChI=1S/C11H17ClN2O6S/c1-8-10(21(12,16)17)9(14-13-8)11(15)20-7-6-19-5-3-4-18-2/h3-7H2,1-2H3,(H,13,14). The minimum atomic E-state index is -4.08. The van der Waals surface area contributed by atoms with E-state index in [4.69, 9.17) is 24.9 Å². The fraction of sp³-hybridized carbons (Fsp3) is 0.636. The lowest BCUT2D eigenvalue weighted by Crippen LogP contribution is -2.14. The van der Waals surface area contributed by atoms with Crippen LogP contribution in [0.2, 0.25) is 0 Å². The van der Waals surface area contributed by atoms with E-state index in [0.717, 1.165) is 6.42 Å². The van der Waals surface area contributed by atoms with Gasteiger partial charge in [0.25, 0.3) is 9.05 Å². The van der Waals surface area contributed by atoms with Gasteiger partial charge in [0.2, 0.25) is 0 Å². The molecule has 0 aromatic carbocycles. The van der Waals surface area contributed by atoms with E-state index in [1.54, 1.807) is 7.11 Å². The molecule has 10 heteroatoms. The van der Waals surface area contributed by atoms with Gasteiger partial charge in [-0.15, -0.1) is 0 Å². The summed E-state index contributed by atoms with van der Waals surface area (Å²) in [4.78, 5) is 11.4. The number of ether oxygens (including phenoxy) is 3. The zero-order chi connectivity index (χ0) is 15.9. The van der Waals surface area contributed by atoms with Gasteiger partial charge in [-0.05, 0) is 13.3 Å². The molecule has 1 N–H and O–H groups in total. The molecule has 0 aliphatic rings. The van der Waals surface area contributed by atoms with E-state index in [-0.39, 0.29) is 29.5 Å². The second kappa shape index (κ2) is 8.32. The maximum Gasteiger partial charge on any atom is 0.360 e. The smallest absolute Gasteiger partial charge is 0.360 e. The number of H-pyrrole nitrogens is 1. The monoisotopic (exact) mass is 340 g/mol. The van der Waals surface area contributed by atoms with Crippen LogP contribution < -0.4 is 0 Å². The molecule has 0 saturated heterocycles. The van der Waals surface area contributed by atoms with Gasteiger partial charge in [-0.1, -0.05) is 0 Å². The highest BCUT2D eigenvalue weighted by Gasteiger charge is 2.27.